The van der Waals surface area contributed by atoms with E-state index >= 15 is 4.39 Å². The number of aryl methyl sites for hydroxylation is 2. The monoisotopic (exact) mass is 610 g/mol. The van der Waals surface area contributed by atoms with Gasteiger partial charge in [0.2, 0.25) is 22.5 Å². The molecule has 0 spiro atoms. The average Bonchev–Trinajstić information content (AvgIpc) is 3.64. The van der Waals surface area contributed by atoms with Crippen LogP contribution in [0.25, 0.3) is 33.3 Å². The first-order chi connectivity index (χ1) is 22.2. The largest absolute Gasteiger partial charge is 0.249 e. The van der Waals surface area contributed by atoms with Crippen LogP contribution in [-0.2, 0) is 28.3 Å². The van der Waals surface area contributed by atoms with E-state index in [1.165, 1.54) is 50.0 Å². The van der Waals surface area contributed by atoms with Crippen molar-refractivity contribution >= 4 is 10.8 Å². The van der Waals surface area contributed by atoms with Gasteiger partial charge in [0, 0.05) is 47.6 Å². The molecule has 46 heavy (non-hydrogen) atoms. The maximum atomic E-state index is 16.5. The van der Waals surface area contributed by atoms with E-state index in [0.717, 1.165) is 49.7 Å². The van der Waals surface area contributed by atoms with Crippen molar-refractivity contribution < 1.29 is 13.5 Å². The molecule has 1 saturated carbocycles. The van der Waals surface area contributed by atoms with Gasteiger partial charge in [-0.3, -0.25) is 0 Å². The predicted molar refractivity (Wildman–Crippen MR) is 186 cm³/mol. The molecule has 3 aromatic carbocycles. The van der Waals surface area contributed by atoms with Crippen LogP contribution in [0.1, 0.15) is 101 Å². The van der Waals surface area contributed by atoms with Gasteiger partial charge in [0.25, 0.3) is 0 Å². The van der Waals surface area contributed by atoms with E-state index in [2.05, 4.69) is 137 Å². The first kappa shape index (κ1) is 29.5. The van der Waals surface area contributed by atoms with Gasteiger partial charge in [-0.2, -0.15) is 9.13 Å². The normalized spacial score (nSPS) is 24.6. The van der Waals surface area contributed by atoms with E-state index in [1.807, 2.05) is 0 Å². The second-order valence-corrected chi connectivity index (χ2v) is 14.7. The summed E-state index contributed by atoms with van der Waals surface area (Å²) in [5, 5.41) is 2.61. The highest BCUT2D eigenvalue weighted by atomic mass is 19.1. The van der Waals surface area contributed by atoms with Gasteiger partial charge in [0.05, 0.1) is 10.9 Å². The maximum absolute atomic E-state index is 16.5. The van der Waals surface area contributed by atoms with Crippen LogP contribution >= 0.6 is 0 Å². The average molecular weight is 611 g/mol. The second kappa shape index (κ2) is 9.83. The van der Waals surface area contributed by atoms with Gasteiger partial charge in [-0.1, -0.05) is 84.4 Å². The number of fused-ring (bicyclic) bond motifs is 3. The van der Waals surface area contributed by atoms with Gasteiger partial charge in [-0.25, -0.2) is 4.39 Å². The van der Waals surface area contributed by atoms with E-state index in [0.29, 0.717) is 0 Å². The number of pyridine rings is 2. The van der Waals surface area contributed by atoms with Crippen molar-refractivity contribution in [1.29, 1.82) is 0 Å². The first-order valence-corrected chi connectivity index (χ1v) is 17.6. The summed E-state index contributed by atoms with van der Waals surface area (Å²) in [7, 11) is 0. The minimum atomic E-state index is -0.459. The second-order valence-electron chi connectivity index (χ2n) is 14.7. The van der Waals surface area contributed by atoms with Crippen LogP contribution in [0.5, 0.6) is 0 Å². The number of halogens is 1. The van der Waals surface area contributed by atoms with Gasteiger partial charge >= 0.3 is 0 Å². The van der Waals surface area contributed by atoms with Crippen LogP contribution in [0.2, 0.25) is 0 Å². The van der Waals surface area contributed by atoms with Crippen molar-refractivity contribution in [2.45, 2.75) is 109 Å². The van der Waals surface area contributed by atoms with E-state index in [4.69, 9.17) is 0 Å². The van der Waals surface area contributed by atoms with Gasteiger partial charge < -0.3 is 0 Å². The lowest BCUT2D eigenvalue weighted by Crippen LogP contribution is -2.61. The lowest BCUT2D eigenvalue weighted by Gasteiger charge is -2.38. The van der Waals surface area contributed by atoms with Crippen molar-refractivity contribution in [3.63, 3.8) is 0 Å². The molecular formula is C43H47FN2+2. The van der Waals surface area contributed by atoms with Crippen LogP contribution < -0.4 is 9.13 Å². The Kier molecular flexibility index (Phi) is 6.31. The van der Waals surface area contributed by atoms with Crippen LogP contribution in [0.3, 0.4) is 0 Å². The van der Waals surface area contributed by atoms with E-state index in [9.17, 15) is 0 Å². The molecule has 0 bridgehead atoms. The summed E-state index contributed by atoms with van der Waals surface area (Å²) in [6.45, 7) is 16.1. The zero-order chi connectivity index (χ0) is 32.2. The fourth-order valence-corrected chi connectivity index (χ4v) is 11.1. The molecule has 3 heteroatoms. The number of hydrogen-bond donors (Lipinski definition) is 0. The minimum Gasteiger partial charge on any atom is -0.207 e. The zero-order valence-electron chi connectivity index (χ0n) is 28.6. The smallest absolute Gasteiger partial charge is 0.207 e. The molecule has 5 aromatic rings. The number of nitrogens with zero attached hydrogens (tertiary/aromatic N) is 2. The molecule has 1 fully saturated rings. The Morgan fingerprint density at radius 3 is 2.20 bits per heavy atom. The molecule has 2 aromatic heterocycles. The molecule has 2 aliphatic carbocycles. The van der Waals surface area contributed by atoms with Crippen molar-refractivity contribution in [2.75, 3.05) is 0 Å². The van der Waals surface area contributed by atoms with Crippen LogP contribution in [0.15, 0.2) is 85.2 Å². The van der Waals surface area contributed by atoms with Gasteiger partial charge in [0.1, 0.15) is 11.2 Å². The number of hydrogen-bond acceptors (Lipinski definition) is 0. The fraction of sp³-hybridized carbons (Fsp3) is 0.395. The molecule has 1 aliphatic heterocycles. The Morgan fingerprint density at radius 2 is 1.48 bits per heavy atom. The van der Waals surface area contributed by atoms with Crippen molar-refractivity contribution in [3.8, 4) is 22.5 Å². The highest BCUT2D eigenvalue weighted by Gasteiger charge is 3.00. The highest BCUT2D eigenvalue weighted by Crippen LogP contribution is 2.78. The van der Waals surface area contributed by atoms with Crippen molar-refractivity contribution in [2.24, 2.45) is 0 Å². The highest BCUT2D eigenvalue weighted by molar-refractivity contribution is 6.02. The fourth-order valence-electron chi connectivity index (χ4n) is 11.1. The molecule has 234 valence electrons. The summed E-state index contributed by atoms with van der Waals surface area (Å²) >= 11 is 0. The third-order valence-corrected chi connectivity index (χ3v) is 12.8. The predicted octanol–water partition coefficient (Wildman–Crippen LogP) is 9.76. The van der Waals surface area contributed by atoms with E-state index in [-0.39, 0.29) is 22.3 Å². The van der Waals surface area contributed by atoms with E-state index in [1.54, 1.807) is 6.07 Å². The van der Waals surface area contributed by atoms with Crippen LogP contribution in [0.4, 0.5) is 4.39 Å². The first-order valence-electron chi connectivity index (χ1n) is 17.6. The molecule has 2 nitrogen and oxygen atoms in total. The maximum Gasteiger partial charge on any atom is 0.249 e. The zero-order valence-corrected chi connectivity index (χ0v) is 28.6. The topological polar surface area (TPSA) is 7.76 Å². The minimum absolute atomic E-state index is 0.0807. The quantitative estimate of drug-likeness (QED) is 0.155. The SMILES string of the molecule is CCCCc1cc2c3c4[n+](ccc3c1)C1(CC)C(CC)(c3ccc(F)c(c3-4)C2(C)C)C1(CC)[n+]1ccccc1-c1ccccc1C. The lowest BCUT2D eigenvalue weighted by atomic mass is 9.64. The van der Waals surface area contributed by atoms with Crippen LogP contribution in [0, 0.1) is 12.7 Å². The summed E-state index contributed by atoms with van der Waals surface area (Å²) < 4.78 is 21.8. The summed E-state index contributed by atoms with van der Waals surface area (Å²) in [5.74, 6) is -0.0807. The molecule has 3 aliphatic rings. The van der Waals surface area contributed by atoms with Gasteiger partial charge in [-0.15, -0.1) is 0 Å². The Morgan fingerprint density at radius 1 is 0.739 bits per heavy atom. The molecule has 3 atom stereocenters. The molecule has 8 rings (SSSR count). The molecule has 0 amide bonds. The van der Waals surface area contributed by atoms with E-state index < -0.39 is 5.41 Å². The lowest BCUT2D eigenvalue weighted by molar-refractivity contribution is -0.808. The summed E-state index contributed by atoms with van der Waals surface area (Å²) in [5.41, 5.74) is 9.87. The number of rotatable bonds is 8. The molecule has 0 saturated heterocycles. The van der Waals surface area contributed by atoms with Gasteiger partial charge in [0.15, 0.2) is 12.4 Å². The summed E-state index contributed by atoms with van der Waals surface area (Å²) in [6.07, 6.45) is 11.0. The number of aromatic nitrogens is 2. The molecule has 0 N–H and O–H groups in total. The molecule has 3 unspecified atom stereocenters. The van der Waals surface area contributed by atoms with Crippen LogP contribution in [-0.4, -0.2) is 0 Å². The number of unbranched alkanes of at least 4 members (excludes halogenated alkanes) is 1. The summed E-state index contributed by atoms with van der Waals surface area (Å²) in [6, 6.07) is 26.6. The van der Waals surface area contributed by atoms with Crippen molar-refractivity contribution in [1.82, 2.24) is 0 Å². The standard InChI is InChI=1S/C43H47FN2/c1-8-12-18-29-26-30-23-25-46-39-36(30)33(27-29)40(6,7)38-34(44)22-21-32(37(38)39)41(9-2)42(10-3,43(41,46)11-4)45-24-16-15-20-35(45)31-19-14-13-17-28(31)5/h13-17,19-27H,8-12,18H2,1-7H3/q+2. The third-order valence-electron chi connectivity index (χ3n) is 12.8. The molecule has 0 radical (unpaired) electrons. The molecular weight excluding hydrogens is 563 g/mol. The third kappa shape index (κ3) is 3.13. The van der Waals surface area contributed by atoms with Crippen molar-refractivity contribution in [3.05, 3.63) is 119 Å². The molecule has 3 heterocycles. The Hall–Kier alpha value is -3.85. The Bertz CT molecular complexity index is 2070. The Balaban J connectivity index is 1.54. The van der Waals surface area contributed by atoms with Gasteiger partial charge in [-0.05, 0) is 72.0 Å². The summed E-state index contributed by atoms with van der Waals surface area (Å²) in [4.78, 5) is 0. The number of benzene rings is 3. The Labute approximate surface area is 273 Å².